The van der Waals surface area contributed by atoms with Gasteiger partial charge < -0.3 is 4.74 Å². The van der Waals surface area contributed by atoms with Gasteiger partial charge in [-0.25, -0.2) is 5.01 Å². The molecule has 0 aliphatic carbocycles. The first kappa shape index (κ1) is 15.5. The van der Waals surface area contributed by atoms with Crippen LogP contribution >= 0.6 is 11.6 Å². The average molecular weight is 341 g/mol. The molecule has 2 heterocycles. The molecular formula is C20H21ClN2O. The molecule has 0 amide bonds. The molecule has 4 heteroatoms. The van der Waals surface area contributed by atoms with Crippen LogP contribution in [0.2, 0.25) is 5.02 Å². The molecule has 2 atom stereocenters. The fourth-order valence-corrected chi connectivity index (χ4v) is 3.89. The largest absolute Gasteiger partial charge is 0.466 e. The highest BCUT2D eigenvalue weighted by Gasteiger charge is 2.46. The monoisotopic (exact) mass is 340 g/mol. The summed E-state index contributed by atoms with van der Waals surface area (Å²) in [5, 5.41) is 7.88. The fourth-order valence-electron chi connectivity index (χ4n) is 3.77. The van der Waals surface area contributed by atoms with Crippen LogP contribution in [-0.4, -0.2) is 16.4 Å². The Morgan fingerprint density at radius 2 is 1.96 bits per heavy atom. The van der Waals surface area contributed by atoms with Crippen molar-refractivity contribution < 1.29 is 4.74 Å². The smallest absolute Gasteiger partial charge is 0.195 e. The number of ether oxygens (including phenoxy) is 1. The SMILES string of the molecule is CCC[C@@]1(C)Oc2ccccc2[C@@H]2CC(c3ccc(Cl)cc3)=NN21. The lowest BCUT2D eigenvalue weighted by Crippen LogP contribution is -2.51. The Morgan fingerprint density at radius 1 is 1.21 bits per heavy atom. The first-order valence-electron chi connectivity index (χ1n) is 8.51. The van der Waals surface area contributed by atoms with Crippen molar-refractivity contribution >= 4 is 17.3 Å². The summed E-state index contributed by atoms with van der Waals surface area (Å²) in [4.78, 5) is 0. The van der Waals surface area contributed by atoms with Crippen LogP contribution in [0.15, 0.2) is 53.6 Å². The van der Waals surface area contributed by atoms with E-state index in [1.54, 1.807) is 0 Å². The van der Waals surface area contributed by atoms with E-state index in [1.807, 2.05) is 30.3 Å². The van der Waals surface area contributed by atoms with Gasteiger partial charge in [0, 0.05) is 23.4 Å². The van der Waals surface area contributed by atoms with Gasteiger partial charge in [-0.3, -0.25) is 0 Å². The van der Waals surface area contributed by atoms with Crippen LogP contribution in [0.1, 0.15) is 50.3 Å². The van der Waals surface area contributed by atoms with Crippen molar-refractivity contribution in [3.63, 3.8) is 0 Å². The highest BCUT2D eigenvalue weighted by Crippen LogP contribution is 2.47. The first-order chi connectivity index (χ1) is 11.6. The van der Waals surface area contributed by atoms with E-state index in [4.69, 9.17) is 21.4 Å². The van der Waals surface area contributed by atoms with E-state index in [2.05, 4.69) is 37.1 Å². The Bertz CT molecular complexity index is 786. The van der Waals surface area contributed by atoms with Crippen LogP contribution in [0.5, 0.6) is 5.75 Å². The minimum Gasteiger partial charge on any atom is -0.466 e. The minimum absolute atomic E-state index is 0.233. The van der Waals surface area contributed by atoms with Crippen molar-refractivity contribution in [1.82, 2.24) is 5.01 Å². The number of rotatable bonds is 3. The van der Waals surface area contributed by atoms with E-state index in [0.29, 0.717) is 0 Å². The maximum Gasteiger partial charge on any atom is 0.195 e. The summed E-state index contributed by atoms with van der Waals surface area (Å²) >= 11 is 6.02. The second-order valence-corrected chi connectivity index (χ2v) is 7.12. The normalized spacial score (nSPS) is 24.9. The van der Waals surface area contributed by atoms with E-state index in [9.17, 15) is 0 Å². The van der Waals surface area contributed by atoms with Crippen molar-refractivity contribution in [2.24, 2.45) is 5.10 Å². The van der Waals surface area contributed by atoms with Crippen LogP contribution in [0.3, 0.4) is 0 Å². The first-order valence-corrected chi connectivity index (χ1v) is 8.89. The third-order valence-corrected chi connectivity index (χ3v) is 5.15. The van der Waals surface area contributed by atoms with Crippen molar-refractivity contribution in [2.75, 3.05) is 0 Å². The molecular weight excluding hydrogens is 320 g/mol. The van der Waals surface area contributed by atoms with Gasteiger partial charge in [-0.05, 0) is 30.7 Å². The topological polar surface area (TPSA) is 24.8 Å². The fraction of sp³-hybridized carbons (Fsp3) is 0.350. The maximum atomic E-state index is 6.37. The Balaban J connectivity index is 1.76. The summed E-state index contributed by atoms with van der Waals surface area (Å²) in [7, 11) is 0. The highest BCUT2D eigenvalue weighted by atomic mass is 35.5. The van der Waals surface area contributed by atoms with Gasteiger partial charge >= 0.3 is 0 Å². The van der Waals surface area contributed by atoms with E-state index in [0.717, 1.165) is 41.3 Å². The van der Waals surface area contributed by atoms with E-state index in [-0.39, 0.29) is 6.04 Å². The minimum atomic E-state index is -0.401. The third kappa shape index (κ3) is 2.48. The van der Waals surface area contributed by atoms with Gasteiger partial charge in [0.2, 0.25) is 0 Å². The summed E-state index contributed by atoms with van der Waals surface area (Å²) in [6, 6.07) is 16.5. The summed E-state index contributed by atoms with van der Waals surface area (Å²) in [5.41, 5.74) is 3.05. The van der Waals surface area contributed by atoms with Gasteiger partial charge in [0.15, 0.2) is 5.72 Å². The van der Waals surface area contributed by atoms with Crippen LogP contribution < -0.4 is 4.74 Å². The summed E-state index contributed by atoms with van der Waals surface area (Å²) in [5.74, 6) is 0.988. The molecule has 0 spiro atoms. The Kier molecular flexibility index (Phi) is 3.76. The lowest BCUT2D eigenvalue weighted by atomic mass is 9.94. The lowest BCUT2D eigenvalue weighted by Gasteiger charge is -2.45. The Labute approximate surface area is 147 Å². The number of hydrogen-bond acceptors (Lipinski definition) is 3. The molecule has 2 aliphatic heterocycles. The van der Waals surface area contributed by atoms with Gasteiger partial charge in [0.1, 0.15) is 5.75 Å². The molecule has 2 aromatic carbocycles. The van der Waals surface area contributed by atoms with Crippen LogP contribution in [0.4, 0.5) is 0 Å². The molecule has 2 aromatic rings. The summed E-state index contributed by atoms with van der Waals surface area (Å²) < 4.78 is 6.37. The maximum absolute atomic E-state index is 6.37. The molecule has 0 N–H and O–H groups in total. The van der Waals surface area contributed by atoms with Crippen LogP contribution in [0, 0.1) is 0 Å². The number of hydrazone groups is 1. The molecule has 2 aliphatic rings. The molecule has 124 valence electrons. The standard InChI is InChI=1S/C20H21ClN2O/c1-3-12-20(2)23-18(16-6-4-5-7-19(16)24-20)13-17(22-23)14-8-10-15(21)11-9-14/h4-11,18H,3,12-13H2,1-2H3/t18-,20+/m0/s1. The van der Waals surface area contributed by atoms with Gasteiger partial charge in [0.25, 0.3) is 0 Å². The van der Waals surface area contributed by atoms with Crippen LogP contribution in [-0.2, 0) is 0 Å². The van der Waals surface area contributed by atoms with Gasteiger partial charge in [-0.1, -0.05) is 55.3 Å². The molecule has 0 fully saturated rings. The van der Waals surface area contributed by atoms with Gasteiger partial charge in [-0.2, -0.15) is 5.10 Å². The number of halogens is 1. The summed E-state index contributed by atoms with van der Waals surface area (Å²) in [6.07, 6.45) is 2.88. The van der Waals surface area contributed by atoms with Crippen LogP contribution in [0.25, 0.3) is 0 Å². The van der Waals surface area contributed by atoms with Crippen molar-refractivity contribution in [2.45, 2.75) is 44.9 Å². The van der Waals surface area contributed by atoms with Gasteiger partial charge in [-0.15, -0.1) is 0 Å². The number of para-hydroxylation sites is 1. The number of hydrogen-bond donors (Lipinski definition) is 0. The molecule has 0 bridgehead atoms. The lowest BCUT2D eigenvalue weighted by molar-refractivity contribution is -0.111. The molecule has 24 heavy (non-hydrogen) atoms. The highest BCUT2D eigenvalue weighted by molar-refractivity contribution is 6.30. The van der Waals surface area contributed by atoms with E-state index < -0.39 is 5.72 Å². The van der Waals surface area contributed by atoms with E-state index >= 15 is 0 Å². The zero-order chi connectivity index (χ0) is 16.7. The molecule has 0 unspecified atom stereocenters. The Morgan fingerprint density at radius 3 is 2.71 bits per heavy atom. The Hall–Kier alpha value is -2.00. The zero-order valence-corrected chi connectivity index (χ0v) is 14.8. The molecule has 4 rings (SSSR count). The quantitative estimate of drug-likeness (QED) is 0.747. The van der Waals surface area contributed by atoms with E-state index in [1.165, 1.54) is 5.56 Å². The van der Waals surface area contributed by atoms with Crippen molar-refractivity contribution in [3.8, 4) is 5.75 Å². The molecule has 0 aromatic heterocycles. The molecule has 0 saturated carbocycles. The predicted molar refractivity (Wildman–Crippen MR) is 97.6 cm³/mol. The third-order valence-electron chi connectivity index (χ3n) is 4.89. The second-order valence-electron chi connectivity index (χ2n) is 6.68. The average Bonchev–Trinajstić information content (AvgIpc) is 3.02. The predicted octanol–water partition coefficient (Wildman–Crippen LogP) is 5.40. The zero-order valence-electron chi connectivity index (χ0n) is 14.0. The number of fused-ring (bicyclic) bond motifs is 3. The number of benzene rings is 2. The molecule has 0 saturated heterocycles. The van der Waals surface area contributed by atoms with Gasteiger partial charge in [0.05, 0.1) is 11.8 Å². The second kappa shape index (κ2) is 5.82. The summed E-state index contributed by atoms with van der Waals surface area (Å²) in [6.45, 7) is 4.33. The molecule has 0 radical (unpaired) electrons. The van der Waals surface area contributed by atoms with Crippen molar-refractivity contribution in [1.29, 1.82) is 0 Å². The number of nitrogens with zero attached hydrogens (tertiary/aromatic N) is 2. The van der Waals surface area contributed by atoms with Crippen molar-refractivity contribution in [3.05, 3.63) is 64.7 Å². The molecule has 3 nitrogen and oxygen atoms in total.